The Hall–Kier alpha value is -2.88. The summed E-state index contributed by atoms with van der Waals surface area (Å²) >= 11 is 0. The lowest BCUT2D eigenvalue weighted by atomic mass is 10.1. The number of aromatic nitrogens is 4. The molecule has 3 N–H and O–H groups in total. The van der Waals surface area contributed by atoms with Gasteiger partial charge < -0.3 is 10.6 Å². The van der Waals surface area contributed by atoms with E-state index in [2.05, 4.69) is 31.3 Å². The Morgan fingerprint density at radius 2 is 2.30 bits per heavy atom. The third-order valence-electron chi connectivity index (χ3n) is 4.38. The van der Waals surface area contributed by atoms with Gasteiger partial charge in [0.05, 0.1) is 12.5 Å². The molecular weight excluding hydrogens is 353 g/mol. The van der Waals surface area contributed by atoms with Gasteiger partial charge in [0.15, 0.2) is 5.82 Å². The van der Waals surface area contributed by atoms with Gasteiger partial charge >= 0.3 is 0 Å². The molecule has 0 aliphatic carbocycles. The predicted octanol–water partition coefficient (Wildman–Crippen LogP) is -0.222. The summed E-state index contributed by atoms with van der Waals surface area (Å²) in [5.41, 5.74) is 0.773. The van der Waals surface area contributed by atoms with Crippen LogP contribution in [0, 0.1) is 5.82 Å². The molecule has 1 aromatic heterocycles. The van der Waals surface area contributed by atoms with Gasteiger partial charge in [-0.1, -0.05) is 17.3 Å². The van der Waals surface area contributed by atoms with Crippen molar-refractivity contribution in [2.45, 2.75) is 31.8 Å². The van der Waals surface area contributed by atoms with Gasteiger partial charge in [0.2, 0.25) is 11.8 Å². The number of tetrazole rings is 1. The molecule has 0 saturated carbocycles. The summed E-state index contributed by atoms with van der Waals surface area (Å²) in [6.45, 7) is 2.00. The third-order valence-corrected chi connectivity index (χ3v) is 4.38. The first-order valence-corrected chi connectivity index (χ1v) is 8.87. The number of rotatable bonds is 8. The number of carbonyl (C=O) groups is 2. The quantitative estimate of drug-likeness (QED) is 0.550. The molecule has 2 heterocycles. The van der Waals surface area contributed by atoms with Crippen LogP contribution in [-0.4, -0.2) is 63.0 Å². The number of hydrogen-bond donors (Lipinski definition) is 3. The lowest BCUT2D eigenvalue weighted by Gasteiger charge is -2.34. The number of carbonyl (C=O) groups excluding carboxylic acids is 2. The average Bonchev–Trinajstić information content (AvgIpc) is 3.15. The second kappa shape index (κ2) is 9.17. The number of hydrogen-bond acceptors (Lipinski definition) is 6. The highest BCUT2D eigenvalue weighted by atomic mass is 19.1. The van der Waals surface area contributed by atoms with Crippen LogP contribution in [0.5, 0.6) is 0 Å². The topological polar surface area (TPSA) is 116 Å². The summed E-state index contributed by atoms with van der Waals surface area (Å²) in [6, 6.07) is 5.71. The molecule has 10 heteroatoms. The second-order valence-electron chi connectivity index (χ2n) is 6.39. The molecule has 1 saturated heterocycles. The predicted molar refractivity (Wildman–Crippen MR) is 93.7 cm³/mol. The molecule has 2 aromatic rings. The average molecular weight is 375 g/mol. The maximum Gasteiger partial charge on any atom is 0.237 e. The summed E-state index contributed by atoms with van der Waals surface area (Å²) in [5, 5.41) is 19.1. The van der Waals surface area contributed by atoms with Crippen LogP contribution < -0.4 is 10.6 Å². The van der Waals surface area contributed by atoms with Crippen LogP contribution >= 0.6 is 0 Å². The molecule has 0 spiro atoms. The first kappa shape index (κ1) is 18.9. The lowest BCUT2D eigenvalue weighted by Crippen LogP contribution is -2.56. The zero-order valence-electron chi connectivity index (χ0n) is 14.8. The van der Waals surface area contributed by atoms with Crippen molar-refractivity contribution in [1.82, 2.24) is 36.2 Å². The van der Waals surface area contributed by atoms with Crippen LogP contribution in [0.25, 0.3) is 0 Å². The van der Waals surface area contributed by atoms with E-state index in [9.17, 15) is 14.0 Å². The molecule has 9 nitrogen and oxygen atoms in total. The minimum Gasteiger partial charge on any atom is -0.356 e. The fourth-order valence-electron chi connectivity index (χ4n) is 3.05. The zero-order chi connectivity index (χ0) is 19.1. The number of piperazine rings is 1. The molecule has 27 heavy (non-hydrogen) atoms. The van der Waals surface area contributed by atoms with Gasteiger partial charge in [-0.25, -0.2) is 4.39 Å². The number of benzene rings is 1. The molecule has 144 valence electrons. The Bertz CT molecular complexity index is 768. The van der Waals surface area contributed by atoms with Gasteiger partial charge in [0.1, 0.15) is 5.82 Å². The van der Waals surface area contributed by atoms with Crippen molar-refractivity contribution < 1.29 is 14.0 Å². The largest absolute Gasteiger partial charge is 0.356 e. The monoisotopic (exact) mass is 375 g/mol. The Morgan fingerprint density at radius 3 is 3.07 bits per heavy atom. The van der Waals surface area contributed by atoms with Crippen LogP contribution in [0.1, 0.15) is 24.2 Å². The molecule has 1 aliphatic heterocycles. The summed E-state index contributed by atoms with van der Waals surface area (Å²) in [4.78, 5) is 26.4. The Morgan fingerprint density at radius 1 is 1.41 bits per heavy atom. The van der Waals surface area contributed by atoms with E-state index in [-0.39, 0.29) is 24.1 Å². The summed E-state index contributed by atoms with van der Waals surface area (Å²) in [7, 11) is 0. The minimum atomic E-state index is -0.570. The Labute approximate surface area is 155 Å². The van der Waals surface area contributed by atoms with Crippen LogP contribution in [-0.2, 0) is 22.6 Å². The molecule has 3 rings (SSSR count). The summed E-state index contributed by atoms with van der Waals surface area (Å²) in [6.07, 6.45) is 1.34. The van der Waals surface area contributed by atoms with Crippen LogP contribution in [0.3, 0.4) is 0 Å². The molecule has 1 aliphatic rings. The highest BCUT2D eigenvalue weighted by molar-refractivity contribution is 5.88. The first-order valence-electron chi connectivity index (χ1n) is 8.87. The minimum absolute atomic E-state index is 0.0589. The number of aromatic amines is 1. The van der Waals surface area contributed by atoms with E-state index >= 15 is 0 Å². The standard InChI is InChI=1S/C17H22FN7O2/c18-13-4-1-3-12(9-13)11-25-8-7-20-17(27)14(25)10-16(26)19-6-2-5-15-21-23-24-22-15/h1,3-4,9,14H,2,5-8,10-11H2,(H,19,26)(H,20,27)(H,21,22,23,24). The number of nitrogens with zero attached hydrogens (tertiary/aromatic N) is 4. The van der Waals surface area contributed by atoms with E-state index in [0.717, 1.165) is 5.56 Å². The Kier molecular flexibility index (Phi) is 6.42. The maximum absolute atomic E-state index is 13.4. The van der Waals surface area contributed by atoms with E-state index in [1.165, 1.54) is 12.1 Å². The normalized spacial score (nSPS) is 17.5. The number of aryl methyl sites for hydroxylation is 1. The molecule has 1 aromatic carbocycles. The van der Waals surface area contributed by atoms with Crippen LogP contribution in [0.15, 0.2) is 24.3 Å². The fraction of sp³-hybridized carbons (Fsp3) is 0.471. The van der Waals surface area contributed by atoms with Gasteiger partial charge in [-0.15, -0.1) is 10.2 Å². The van der Waals surface area contributed by atoms with Crippen molar-refractivity contribution in [3.63, 3.8) is 0 Å². The SMILES string of the molecule is O=C(CC1C(=O)NCCN1Cc1cccc(F)c1)NCCCc1nn[nH]n1. The molecule has 2 amide bonds. The van der Waals surface area contributed by atoms with Gasteiger partial charge in [-0.05, 0) is 24.1 Å². The number of halogens is 1. The third kappa shape index (κ3) is 5.55. The summed E-state index contributed by atoms with van der Waals surface area (Å²) in [5.74, 6) is -0.101. The van der Waals surface area contributed by atoms with Gasteiger partial charge in [-0.3, -0.25) is 14.5 Å². The molecule has 1 fully saturated rings. The molecule has 1 atom stereocenters. The molecular formula is C17H22FN7O2. The molecule has 0 radical (unpaired) electrons. The van der Waals surface area contributed by atoms with E-state index in [0.29, 0.717) is 44.8 Å². The van der Waals surface area contributed by atoms with E-state index in [4.69, 9.17) is 0 Å². The van der Waals surface area contributed by atoms with Crippen molar-refractivity contribution in [3.8, 4) is 0 Å². The van der Waals surface area contributed by atoms with Crippen molar-refractivity contribution in [2.75, 3.05) is 19.6 Å². The van der Waals surface area contributed by atoms with E-state index < -0.39 is 6.04 Å². The lowest BCUT2D eigenvalue weighted by molar-refractivity contribution is -0.134. The van der Waals surface area contributed by atoms with Crippen molar-refractivity contribution in [3.05, 3.63) is 41.5 Å². The molecule has 0 bridgehead atoms. The smallest absolute Gasteiger partial charge is 0.237 e. The summed E-state index contributed by atoms with van der Waals surface area (Å²) < 4.78 is 13.4. The van der Waals surface area contributed by atoms with Gasteiger partial charge in [0, 0.05) is 32.6 Å². The number of amides is 2. The maximum atomic E-state index is 13.4. The number of nitrogens with one attached hydrogen (secondary N) is 3. The second-order valence-corrected chi connectivity index (χ2v) is 6.39. The fourth-order valence-corrected chi connectivity index (χ4v) is 3.05. The van der Waals surface area contributed by atoms with E-state index in [1.54, 1.807) is 6.07 Å². The first-order chi connectivity index (χ1) is 13.1. The van der Waals surface area contributed by atoms with Crippen LogP contribution in [0.4, 0.5) is 4.39 Å². The van der Waals surface area contributed by atoms with Gasteiger partial charge in [-0.2, -0.15) is 5.21 Å². The van der Waals surface area contributed by atoms with Crippen molar-refractivity contribution in [1.29, 1.82) is 0 Å². The highest BCUT2D eigenvalue weighted by Crippen LogP contribution is 2.14. The van der Waals surface area contributed by atoms with E-state index in [1.807, 2.05) is 11.0 Å². The van der Waals surface area contributed by atoms with Crippen LogP contribution in [0.2, 0.25) is 0 Å². The van der Waals surface area contributed by atoms with Gasteiger partial charge in [0.25, 0.3) is 0 Å². The highest BCUT2D eigenvalue weighted by Gasteiger charge is 2.31. The molecule has 1 unspecified atom stereocenters. The number of H-pyrrole nitrogens is 1. The van der Waals surface area contributed by atoms with Crippen molar-refractivity contribution >= 4 is 11.8 Å². The van der Waals surface area contributed by atoms with Crippen molar-refractivity contribution in [2.24, 2.45) is 0 Å². The Balaban J connectivity index is 1.50. The zero-order valence-corrected chi connectivity index (χ0v) is 14.8.